The first-order valence-electron chi connectivity index (χ1n) is 6.75. The van der Waals surface area contributed by atoms with Crippen molar-refractivity contribution in [3.8, 4) is 0 Å². The molecule has 0 heterocycles. The van der Waals surface area contributed by atoms with E-state index in [4.69, 9.17) is 0 Å². The van der Waals surface area contributed by atoms with E-state index < -0.39 is 0 Å². The van der Waals surface area contributed by atoms with E-state index in [-0.39, 0.29) is 0 Å². The van der Waals surface area contributed by atoms with Crippen molar-refractivity contribution in [2.75, 3.05) is 0 Å². The van der Waals surface area contributed by atoms with Crippen molar-refractivity contribution < 1.29 is 0 Å². The van der Waals surface area contributed by atoms with Crippen molar-refractivity contribution in [1.29, 1.82) is 0 Å². The Morgan fingerprint density at radius 2 is 1.95 bits per heavy atom. The summed E-state index contributed by atoms with van der Waals surface area (Å²) in [7, 11) is 0. The maximum Gasteiger partial charge on any atom is 0.0626 e. The van der Waals surface area contributed by atoms with Gasteiger partial charge in [0.2, 0.25) is 0 Å². The lowest BCUT2D eigenvalue weighted by atomic mass is 10.0. The lowest BCUT2D eigenvalue weighted by Crippen LogP contribution is -1.91. The minimum absolute atomic E-state index is 0.872. The number of allylic oxidation sites excluding steroid dienone is 4. The first kappa shape index (κ1) is 13.5. The summed E-state index contributed by atoms with van der Waals surface area (Å²) >= 11 is 0. The number of nitrogens with zero attached hydrogens (tertiary/aromatic N) is 2. The van der Waals surface area contributed by atoms with Gasteiger partial charge in [0.05, 0.1) is 5.69 Å². The van der Waals surface area contributed by atoms with Crippen LogP contribution in [-0.4, -0.2) is 12.4 Å². The molecular formula is C17H20N2. The molecule has 0 fully saturated rings. The van der Waals surface area contributed by atoms with Crippen molar-refractivity contribution in [2.45, 2.75) is 33.1 Å². The Bertz CT molecular complexity index is 531. The lowest BCUT2D eigenvalue weighted by molar-refractivity contribution is 0.926. The third-order valence-electron chi connectivity index (χ3n) is 3.06. The van der Waals surface area contributed by atoms with Crippen LogP contribution in [0.25, 0.3) is 0 Å². The molecule has 0 bridgehead atoms. The molecule has 0 radical (unpaired) electrons. The summed E-state index contributed by atoms with van der Waals surface area (Å²) in [5.74, 6) is 0. The van der Waals surface area contributed by atoms with Gasteiger partial charge in [0.25, 0.3) is 0 Å². The topological polar surface area (TPSA) is 24.7 Å². The number of hydrogen-bond donors (Lipinski definition) is 0. The number of rotatable bonds is 4. The highest BCUT2D eigenvalue weighted by atomic mass is 14.7. The second-order valence-electron chi connectivity index (χ2n) is 4.69. The van der Waals surface area contributed by atoms with Gasteiger partial charge in [-0.2, -0.15) is 0 Å². The monoisotopic (exact) mass is 252 g/mol. The summed E-state index contributed by atoms with van der Waals surface area (Å²) in [6.07, 6.45) is 11.3. The van der Waals surface area contributed by atoms with Crippen LogP contribution < -0.4 is 0 Å². The standard InChI is InChI=1S/C17H20N2/c1-3-18-17-6-4-5-15(13-17)11-12-19-16-9-7-14(2)8-10-16/h3,5,7-10,12-13H,4,6,11H2,1-2H3. The van der Waals surface area contributed by atoms with Gasteiger partial charge in [0, 0.05) is 24.5 Å². The van der Waals surface area contributed by atoms with Crippen LogP contribution in [0.3, 0.4) is 0 Å². The first-order chi connectivity index (χ1) is 9.28. The van der Waals surface area contributed by atoms with Gasteiger partial charge < -0.3 is 0 Å². The van der Waals surface area contributed by atoms with Gasteiger partial charge in [-0.05, 0) is 50.5 Å². The van der Waals surface area contributed by atoms with Crippen molar-refractivity contribution in [3.63, 3.8) is 0 Å². The molecule has 0 unspecified atom stereocenters. The number of benzene rings is 1. The van der Waals surface area contributed by atoms with Crippen LogP contribution in [0.4, 0.5) is 5.69 Å². The molecule has 0 saturated heterocycles. The highest BCUT2D eigenvalue weighted by Gasteiger charge is 2.02. The van der Waals surface area contributed by atoms with Gasteiger partial charge in [-0.1, -0.05) is 23.8 Å². The molecule has 1 aromatic carbocycles. The van der Waals surface area contributed by atoms with Crippen LogP contribution in [0.15, 0.2) is 57.7 Å². The molecule has 2 rings (SSSR count). The average molecular weight is 252 g/mol. The van der Waals surface area contributed by atoms with Crippen LogP contribution >= 0.6 is 0 Å². The Balaban J connectivity index is 1.95. The fourth-order valence-electron chi connectivity index (χ4n) is 2.05. The van der Waals surface area contributed by atoms with Crippen molar-refractivity contribution in [3.05, 3.63) is 53.3 Å². The predicted octanol–water partition coefficient (Wildman–Crippen LogP) is 4.78. The van der Waals surface area contributed by atoms with Gasteiger partial charge in [0.1, 0.15) is 0 Å². The van der Waals surface area contributed by atoms with E-state index in [9.17, 15) is 0 Å². The third-order valence-corrected chi connectivity index (χ3v) is 3.06. The SMILES string of the molecule is CC=NC1=CC(CC=Nc2ccc(C)cc2)=CCC1. The second kappa shape index (κ2) is 6.83. The van der Waals surface area contributed by atoms with E-state index in [1.807, 2.05) is 31.5 Å². The Kier molecular flexibility index (Phi) is 4.85. The van der Waals surface area contributed by atoms with E-state index in [0.717, 1.165) is 24.9 Å². The smallest absolute Gasteiger partial charge is 0.0626 e. The minimum Gasteiger partial charge on any atom is -0.266 e. The minimum atomic E-state index is 0.872. The third kappa shape index (κ3) is 4.32. The Labute approximate surface area is 115 Å². The molecule has 19 heavy (non-hydrogen) atoms. The summed E-state index contributed by atoms with van der Waals surface area (Å²) in [4.78, 5) is 8.84. The van der Waals surface area contributed by atoms with Crippen LogP contribution in [0, 0.1) is 6.92 Å². The molecule has 0 aliphatic heterocycles. The Morgan fingerprint density at radius 3 is 2.68 bits per heavy atom. The molecule has 0 aromatic heterocycles. The Morgan fingerprint density at radius 1 is 1.16 bits per heavy atom. The number of aryl methyl sites for hydroxylation is 1. The molecule has 1 aliphatic carbocycles. The van der Waals surface area contributed by atoms with E-state index in [2.05, 4.69) is 41.2 Å². The number of hydrogen-bond acceptors (Lipinski definition) is 2. The lowest BCUT2D eigenvalue weighted by Gasteiger charge is -2.08. The van der Waals surface area contributed by atoms with Crippen LogP contribution in [0.1, 0.15) is 31.7 Å². The van der Waals surface area contributed by atoms with Crippen molar-refractivity contribution >= 4 is 18.1 Å². The molecule has 0 N–H and O–H groups in total. The molecule has 2 nitrogen and oxygen atoms in total. The number of aliphatic imine (C=N–C) groups is 2. The van der Waals surface area contributed by atoms with E-state index in [1.165, 1.54) is 16.8 Å². The van der Waals surface area contributed by atoms with Crippen LogP contribution in [-0.2, 0) is 0 Å². The summed E-state index contributed by atoms with van der Waals surface area (Å²) in [6.45, 7) is 4.04. The van der Waals surface area contributed by atoms with E-state index in [1.54, 1.807) is 0 Å². The summed E-state index contributed by atoms with van der Waals surface area (Å²) in [6, 6.07) is 8.26. The maximum absolute atomic E-state index is 4.48. The quantitative estimate of drug-likeness (QED) is 0.689. The molecule has 0 spiro atoms. The molecular weight excluding hydrogens is 232 g/mol. The molecule has 1 aromatic rings. The highest BCUT2D eigenvalue weighted by molar-refractivity contribution is 5.67. The molecule has 0 atom stereocenters. The first-order valence-corrected chi connectivity index (χ1v) is 6.75. The maximum atomic E-state index is 4.48. The zero-order valence-electron chi connectivity index (χ0n) is 11.6. The van der Waals surface area contributed by atoms with Crippen LogP contribution in [0.2, 0.25) is 0 Å². The Hall–Kier alpha value is -1.96. The van der Waals surface area contributed by atoms with Crippen molar-refractivity contribution in [2.24, 2.45) is 9.98 Å². The molecule has 0 saturated carbocycles. The average Bonchev–Trinajstić information content (AvgIpc) is 2.42. The second-order valence-corrected chi connectivity index (χ2v) is 4.69. The predicted molar refractivity (Wildman–Crippen MR) is 83.5 cm³/mol. The largest absolute Gasteiger partial charge is 0.266 e. The van der Waals surface area contributed by atoms with Gasteiger partial charge in [0.15, 0.2) is 0 Å². The zero-order chi connectivity index (χ0) is 13.5. The summed E-state index contributed by atoms with van der Waals surface area (Å²) in [5, 5.41) is 0. The summed E-state index contributed by atoms with van der Waals surface area (Å²) in [5.41, 5.74) is 4.75. The normalized spacial score (nSPS) is 15.9. The molecule has 2 heteroatoms. The molecule has 1 aliphatic rings. The van der Waals surface area contributed by atoms with Gasteiger partial charge in [-0.15, -0.1) is 0 Å². The fourth-order valence-corrected chi connectivity index (χ4v) is 2.05. The zero-order valence-corrected chi connectivity index (χ0v) is 11.6. The fraction of sp³-hybridized carbons (Fsp3) is 0.294. The highest BCUT2D eigenvalue weighted by Crippen LogP contribution is 2.20. The van der Waals surface area contributed by atoms with Gasteiger partial charge in [-0.3, -0.25) is 9.98 Å². The molecule has 98 valence electrons. The van der Waals surface area contributed by atoms with Gasteiger partial charge >= 0.3 is 0 Å². The van der Waals surface area contributed by atoms with Crippen molar-refractivity contribution in [1.82, 2.24) is 0 Å². The van der Waals surface area contributed by atoms with E-state index >= 15 is 0 Å². The van der Waals surface area contributed by atoms with Crippen LogP contribution in [0.5, 0.6) is 0 Å². The van der Waals surface area contributed by atoms with E-state index in [0.29, 0.717) is 0 Å². The van der Waals surface area contributed by atoms with Gasteiger partial charge in [-0.25, -0.2) is 0 Å². The summed E-state index contributed by atoms with van der Waals surface area (Å²) < 4.78 is 0. The molecule has 0 amide bonds.